The molecule has 0 spiro atoms. The van der Waals surface area contributed by atoms with Gasteiger partial charge in [-0.1, -0.05) is 29.8 Å². The van der Waals surface area contributed by atoms with Gasteiger partial charge in [0.1, 0.15) is 0 Å². The number of allylic oxidation sites excluding steroid dienone is 1. The fraction of sp³-hybridized carbons (Fsp3) is 0.167. The highest BCUT2D eigenvalue weighted by Gasteiger charge is 2.16. The lowest BCUT2D eigenvalue weighted by Crippen LogP contribution is -2.05. The van der Waals surface area contributed by atoms with Crippen molar-refractivity contribution < 1.29 is 8.42 Å². The van der Waals surface area contributed by atoms with Crippen molar-refractivity contribution >= 4 is 21.4 Å². The zero-order chi connectivity index (χ0) is 12.2. The molecule has 0 N–H and O–H groups in total. The molecule has 0 aliphatic heterocycles. The first-order valence-corrected chi connectivity index (χ1v) is 6.77. The largest absolute Gasteiger partial charge is 0.223 e. The molecule has 0 amide bonds. The summed E-state index contributed by atoms with van der Waals surface area (Å²) in [6, 6.07) is 4.92. The third-order valence-corrected chi connectivity index (χ3v) is 4.17. The number of benzene rings is 1. The van der Waals surface area contributed by atoms with Crippen LogP contribution in [0.5, 0.6) is 0 Å². The van der Waals surface area contributed by atoms with Gasteiger partial charge >= 0.3 is 0 Å². The van der Waals surface area contributed by atoms with Crippen LogP contribution in [-0.4, -0.2) is 14.2 Å². The lowest BCUT2D eigenvalue weighted by molar-refractivity contribution is 0.599. The summed E-state index contributed by atoms with van der Waals surface area (Å²) in [5.74, 6) is -0.104. The minimum absolute atomic E-state index is 0.104. The van der Waals surface area contributed by atoms with Gasteiger partial charge in [-0.3, -0.25) is 0 Å². The fourth-order valence-electron chi connectivity index (χ4n) is 1.34. The van der Waals surface area contributed by atoms with E-state index in [2.05, 4.69) is 13.2 Å². The van der Waals surface area contributed by atoms with Crippen LogP contribution in [0.15, 0.2) is 48.4 Å². The number of rotatable bonds is 5. The Morgan fingerprint density at radius 1 is 1.25 bits per heavy atom. The Labute approximate surface area is 101 Å². The SMILES string of the molecule is C=CCc1ccc(S(=O)(=O)CC=C)c(Cl)c1. The highest BCUT2D eigenvalue weighted by Crippen LogP contribution is 2.24. The molecule has 0 fully saturated rings. The minimum Gasteiger partial charge on any atom is -0.223 e. The summed E-state index contributed by atoms with van der Waals surface area (Å²) in [7, 11) is -3.35. The van der Waals surface area contributed by atoms with E-state index in [-0.39, 0.29) is 15.7 Å². The molecule has 2 nitrogen and oxygen atoms in total. The third kappa shape index (κ3) is 2.97. The van der Waals surface area contributed by atoms with E-state index in [0.717, 1.165) is 5.56 Å². The van der Waals surface area contributed by atoms with Crippen molar-refractivity contribution in [2.24, 2.45) is 0 Å². The summed E-state index contributed by atoms with van der Waals surface area (Å²) in [5.41, 5.74) is 0.942. The second-order valence-electron chi connectivity index (χ2n) is 3.33. The quantitative estimate of drug-likeness (QED) is 0.759. The van der Waals surface area contributed by atoms with Crippen LogP contribution in [0.2, 0.25) is 5.02 Å². The fourth-order valence-corrected chi connectivity index (χ4v) is 3.01. The van der Waals surface area contributed by atoms with Gasteiger partial charge in [0.05, 0.1) is 15.7 Å². The third-order valence-electron chi connectivity index (χ3n) is 2.05. The first kappa shape index (κ1) is 13.0. The van der Waals surface area contributed by atoms with E-state index in [1.165, 1.54) is 12.1 Å². The summed E-state index contributed by atoms with van der Waals surface area (Å²) >= 11 is 5.94. The van der Waals surface area contributed by atoms with Crippen molar-refractivity contribution in [3.8, 4) is 0 Å². The van der Waals surface area contributed by atoms with E-state index < -0.39 is 9.84 Å². The number of halogens is 1. The first-order valence-electron chi connectivity index (χ1n) is 4.74. The van der Waals surface area contributed by atoms with Gasteiger partial charge < -0.3 is 0 Å². The maximum Gasteiger partial charge on any atom is 0.183 e. The van der Waals surface area contributed by atoms with Crippen LogP contribution in [0.25, 0.3) is 0 Å². The topological polar surface area (TPSA) is 34.1 Å². The van der Waals surface area contributed by atoms with E-state index in [1.54, 1.807) is 18.2 Å². The molecule has 0 saturated carbocycles. The van der Waals surface area contributed by atoms with Crippen molar-refractivity contribution in [3.05, 3.63) is 54.1 Å². The first-order chi connectivity index (χ1) is 7.51. The molecule has 0 aromatic heterocycles. The van der Waals surface area contributed by atoms with Crippen molar-refractivity contribution in [1.82, 2.24) is 0 Å². The second-order valence-corrected chi connectivity index (χ2v) is 5.74. The van der Waals surface area contributed by atoms with Crippen LogP contribution < -0.4 is 0 Å². The molecular formula is C12H13ClO2S. The molecule has 1 aromatic carbocycles. The summed E-state index contributed by atoms with van der Waals surface area (Å²) in [6.45, 7) is 7.02. The molecular weight excluding hydrogens is 244 g/mol. The molecule has 0 saturated heterocycles. The van der Waals surface area contributed by atoms with Crippen LogP contribution in [0.3, 0.4) is 0 Å². The van der Waals surface area contributed by atoms with E-state index in [9.17, 15) is 8.42 Å². The number of hydrogen-bond acceptors (Lipinski definition) is 2. The van der Waals surface area contributed by atoms with Crippen LogP contribution >= 0.6 is 11.6 Å². The molecule has 0 unspecified atom stereocenters. The van der Waals surface area contributed by atoms with E-state index in [1.807, 2.05) is 0 Å². The van der Waals surface area contributed by atoms with E-state index >= 15 is 0 Å². The predicted octanol–water partition coefficient (Wildman–Crippen LogP) is 3.03. The Balaban J connectivity index is 3.17. The van der Waals surface area contributed by atoms with Crippen molar-refractivity contribution in [3.63, 3.8) is 0 Å². The molecule has 0 radical (unpaired) electrons. The van der Waals surface area contributed by atoms with Crippen LogP contribution in [0.1, 0.15) is 5.56 Å². The lowest BCUT2D eigenvalue weighted by atomic mass is 10.1. The van der Waals surface area contributed by atoms with E-state index in [0.29, 0.717) is 6.42 Å². The van der Waals surface area contributed by atoms with Gasteiger partial charge in [-0.15, -0.1) is 13.2 Å². The summed E-state index contributed by atoms with van der Waals surface area (Å²) < 4.78 is 23.5. The summed E-state index contributed by atoms with van der Waals surface area (Å²) in [4.78, 5) is 0.155. The minimum atomic E-state index is -3.35. The monoisotopic (exact) mass is 256 g/mol. The highest BCUT2D eigenvalue weighted by atomic mass is 35.5. The van der Waals surface area contributed by atoms with Crippen LogP contribution in [0, 0.1) is 0 Å². The van der Waals surface area contributed by atoms with Gasteiger partial charge in [0.2, 0.25) is 0 Å². The molecule has 0 atom stereocenters. The molecule has 86 valence electrons. The van der Waals surface area contributed by atoms with Gasteiger partial charge in [-0.05, 0) is 24.1 Å². The van der Waals surface area contributed by atoms with Crippen molar-refractivity contribution in [2.75, 3.05) is 5.75 Å². The Hall–Kier alpha value is -1.06. The Kier molecular flexibility index (Phi) is 4.33. The number of hydrogen-bond donors (Lipinski definition) is 0. The molecule has 1 rings (SSSR count). The van der Waals surface area contributed by atoms with Gasteiger partial charge in [0, 0.05) is 0 Å². The van der Waals surface area contributed by atoms with Crippen molar-refractivity contribution in [1.29, 1.82) is 0 Å². The Morgan fingerprint density at radius 3 is 2.44 bits per heavy atom. The van der Waals surface area contributed by atoms with Gasteiger partial charge in [-0.25, -0.2) is 8.42 Å². The molecule has 0 aliphatic rings. The summed E-state index contributed by atoms with van der Waals surface area (Å²) in [5, 5.41) is 0.251. The zero-order valence-electron chi connectivity index (χ0n) is 8.82. The molecule has 0 bridgehead atoms. The molecule has 0 aliphatic carbocycles. The predicted molar refractivity (Wildman–Crippen MR) is 67.6 cm³/mol. The lowest BCUT2D eigenvalue weighted by Gasteiger charge is -2.05. The molecule has 4 heteroatoms. The maximum absolute atomic E-state index is 11.7. The van der Waals surface area contributed by atoms with Gasteiger partial charge in [0.25, 0.3) is 0 Å². The van der Waals surface area contributed by atoms with Gasteiger partial charge in [-0.2, -0.15) is 0 Å². The average molecular weight is 257 g/mol. The molecule has 0 heterocycles. The Bertz CT molecular complexity index is 504. The van der Waals surface area contributed by atoms with E-state index in [4.69, 9.17) is 11.6 Å². The standard InChI is InChI=1S/C12H13ClO2S/c1-3-5-10-6-7-12(11(13)9-10)16(14,15)8-4-2/h3-4,6-7,9H,1-2,5,8H2. The smallest absolute Gasteiger partial charge is 0.183 e. The highest BCUT2D eigenvalue weighted by molar-refractivity contribution is 7.91. The number of sulfone groups is 1. The second kappa shape index (κ2) is 5.32. The maximum atomic E-state index is 11.7. The normalized spacial score (nSPS) is 11.1. The van der Waals surface area contributed by atoms with Gasteiger partial charge in [0.15, 0.2) is 9.84 Å². The summed E-state index contributed by atoms with van der Waals surface area (Å²) in [6.07, 6.45) is 3.76. The van der Waals surface area contributed by atoms with Crippen LogP contribution in [-0.2, 0) is 16.3 Å². The average Bonchev–Trinajstić information content (AvgIpc) is 2.17. The Morgan fingerprint density at radius 2 is 1.94 bits per heavy atom. The molecule has 1 aromatic rings. The molecule has 16 heavy (non-hydrogen) atoms. The van der Waals surface area contributed by atoms with Crippen molar-refractivity contribution in [2.45, 2.75) is 11.3 Å². The zero-order valence-corrected chi connectivity index (χ0v) is 10.4. The van der Waals surface area contributed by atoms with Crippen LogP contribution in [0.4, 0.5) is 0 Å².